The smallest absolute Gasteiger partial charge is 0.307 e. The molecule has 0 aliphatic heterocycles. The molecule has 5 nitrogen and oxygen atoms in total. The summed E-state index contributed by atoms with van der Waals surface area (Å²) >= 11 is 0. The number of benzene rings is 5. The molecule has 0 amide bonds. The van der Waals surface area contributed by atoms with E-state index in [-0.39, 0.29) is 12.1 Å². The molecule has 1 N–H and O–H groups in total. The third-order valence-electron chi connectivity index (χ3n) is 9.23. The van der Waals surface area contributed by atoms with Crippen LogP contribution in [0.4, 0.5) is 0 Å². The normalized spacial score (nSPS) is 17.2. The molecule has 8 rings (SSSR count). The predicted molar refractivity (Wildman–Crippen MR) is 182 cm³/mol. The number of nitrogens with one attached hydrogen (secondary N) is 1. The van der Waals surface area contributed by atoms with Crippen LogP contribution in [0.1, 0.15) is 51.6 Å². The van der Waals surface area contributed by atoms with Crippen LogP contribution in [-0.2, 0) is 0 Å². The summed E-state index contributed by atoms with van der Waals surface area (Å²) in [4.78, 5) is 0. The third-order valence-corrected chi connectivity index (χ3v) is 10.5. The van der Waals surface area contributed by atoms with E-state index in [2.05, 4.69) is 144 Å². The number of nitrogens with zero attached hydrogens (tertiary/aromatic N) is 2. The summed E-state index contributed by atoms with van der Waals surface area (Å²) in [7, 11) is -1.46. The van der Waals surface area contributed by atoms with Gasteiger partial charge in [-0.05, 0) is 66.8 Å². The van der Waals surface area contributed by atoms with E-state index in [1.54, 1.807) is 0 Å². The Morgan fingerprint density at radius 1 is 0.727 bits per heavy atom. The highest BCUT2D eigenvalue weighted by Crippen LogP contribution is 2.42. The molecular formula is C38H37N3O2P+. The van der Waals surface area contributed by atoms with Crippen molar-refractivity contribution in [3.05, 3.63) is 116 Å². The lowest BCUT2D eigenvalue weighted by Crippen LogP contribution is -2.36. The van der Waals surface area contributed by atoms with Gasteiger partial charge in [-0.2, -0.15) is 0 Å². The number of rotatable bonds is 5. The van der Waals surface area contributed by atoms with Gasteiger partial charge in [0.2, 0.25) is 6.33 Å². The summed E-state index contributed by atoms with van der Waals surface area (Å²) in [5.41, 5.74) is 4.23. The highest BCUT2D eigenvalue weighted by Gasteiger charge is 2.34. The lowest BCUT2D eigenvalue weighted by Gasteiger charge is -2.29. The van der Waals surface area contributed by atoms with Crippen molar-refractivity contribution in [3.8, 4) is 11.3 Å². The van der Waals surface area contributed by atoms with Crippen LogP contribution in [0.25, 0.3) is 54.7 Å². The van der Waals surface area contributed by atoms with Gasteiger partial charge < -0.3 is 8.39 Å². The molecular weight excluding hydrogens is 561 g/mol. The van der Waals surface area contributed by atoms with E-state index in [0.717, 1.165) is 34.8 Å². The summed E-state index contributed by atoms with van der Waals surface area (Å²) in [5.74, 6) is 0. The second-order valence-corrected chi connectivity index (χ2v) is 13.4. The quantitative estimate of drug-likeness (QED) is 0.201. The summed E-state index contributed by atoms with van der Waals surface area (Å²) in [6.45, 7) is 4.49. The molecule has 220 valence electrons. The number of fused-ring (bicyclic) bond motifs is 7. The van der Waals surface area contributed by atoms with Crippen LogP contribution >= 0.6 is 8.16 Å². The van der Waals surface area contributed by atoms with E-state index < -0.39 is 8.16 Å². The van der Waals surface area contributed by atoms with Gasteiger partial charge >= 0.3 is 8.16 Å². The summed E-state index contributed by atoms with van der Waals surface area (Å²) in [5, 5.41) is 10.9. The van der Waals surface area contributed by atoms with E-state index in [9.17, 15) is 0 Å². The molecule has 2 atom stereocenters. The van der Waals surface area contributed by atoms with Crippen molar-refractivity contribution in [2.45, 2.75) is 57.7 Å². The molecule has 0 spiro atoms. The van der Waals surface area contributed by atoms with E-state index in [1.807, 2.05) is 0 Å². The Morgan fingerprint density at radius 3 is 1.95 bits per heavy atom. The zero-order chi connectivity index (χ0) is 29.6. The number of hydrogen-bond acceptors (Lipinski definition) is 3. The Kier molecular flexibility index (Phi) is 7.01. The average molecular weight is 599 g/mol. The van der Waals surface area contributed by atoms with Gasteiger partial charge in [0.25, 0.3) is 0 Å². The molecule has 1 aliphatic carbocycles. The minimum atomic E-state index is -1.46. The number of imidazole rings is 1. The maximum Gasteiger partial charge on any atom is 0.307 e. The molecule has 44 heavy (non-hydrogen) atoms. The Balaban J connectivity index is 1.30. The second kappa shape index (κ2) is 11.3. The molecule has 7 aromatic rings. The molecule has 0 radical (unpaired) electrons. The molecule has 0 saturated heterocycles. The van der Waals surface area contributed by atoms with E-state index in [4.69, 9.17) is 8.39 Å². The zero-order valence-corrected chi connectivity index (χ0v) is 26.1. The van der Waals surface area contributed by atoms with Gasteiger partial charge in [0.15, 0.2) is 5.69 Å². The molecule has 0 unspecified atom stereocenters. The van der Waals surface area contributed by atoms with Crippen LogP contribution in [0.15, 0.2) is 124 Å². The van der Waals surface area contributed by atoms with Crippen molar-refractivity contribution in [1.82, 2.24) is 4.57 Å². The molecule has 0 bridgehead atoms. The van der Waals surface area contributed by atoms with Gasteiger partial charge in [-0.3, -0.25) is 0 Å². The maximum atomic E-state index is 6.86. The lowest BCUT2D eigenvalue weighted by atomic mass is 9.90. The van der Waals surface area contributed by atoms with Gasteiger partial charge in [0, 0.05) is 16.3 Å². The Bertz CT molecular complexity index is 2070. The first-order valence-electron chi connectivity index (χ1n) is 15.8. The highest BCUT2D eigenvalue weighted by atomic mass is 31.1. The summed E-state index contributed by atoms with van der Waals surface area (Å²) in [6, 6.07) is 37.4. The van der Waals surface area contributed by atoms with Gasteiger partial charge in [0.1, 0.15) is 23.4 Å². The Labute approximate surface area is 258 Å². The second-order valence-electron chi connectivity index (χ2n) is 12.3. The van der Waals surface area contributed by atoms with Crippen LogP contribution in [0, 0.1) is 0 Å². The monoisotopic (exact) mass is 598 g/mol. The predicted octanol–water partition coefficient (Wildman–Crippen LogP) is 10.7. The molecule has 1 fully saturated rings. The van der Waals surface area contributed by atoms with Gasteiger partial charge in [-0.25, -0.2) is 14.2 Å². The van der Waals surface area contributed by atoms with Crippen LogP contribution < -0.4 is 9.65 Å². The van der Waals surface area contributed by atoms with Gasteiger partial charge in [-0.1, -0.05) is 97.4 Å². The minimum Gasteiger partial charge on any atom is -0.408 e. The lowest BCUT2D eigenvalue weighted by molar-refractivity contribution is -0.715. The zero-order valence-electron chi connectivity index (χ0n) is 25.2. The van der Waals surface area contributed by atoms with E-state index >= 15 is 0 Å². The first kappa shape index (κ1) is 27.3. The van der Waals surface area contributed by atoms with E-state index in [1.165, 1.54) is 45.6 Å². The molecule has 1 aliphatic rings. The van der Waals surface area contributed by atoms with Crippen molar-refractivity contribution < 1.29 is 13.0 Å². The first-order valence-corrected chi connectivity index (χ1v) is 17.0. The summed E-state index contributed by atoms with van der Waals surface area (Å²) in [6.07, 6.45) is 9.18. The summed E-state index contributed by atoms with van der Waals surface area (Å²) < 4.78 is 18.6. The highest BCUT2D eigenvalue weighted by molar-refractivity contribution is 7.38. The number of aromatic nitrogens is 2. The van der Waals surface area contributed by atoms with Crippen LogP contribution in [0.2, 0.25) is 0 Å². The van der Waals surface area contributed by atoms with Crippen molar-refractivity contribution >= 4 is 51.6 Å². The van der Waals surface area contributed by atoms with Crippen molar-refractivity contribution in [2.75, 3.05) is 5.09 Å². The van der Waals surface area contributed by atoms with Gasteiger partial charge in [-0.15, -0.1) is 0 Å². The molecule has 2 heterocycles. The molecule has 1 saturated carbocycles. The van der Waals surface area contributed by atoms with Crippen molar-refractivity contribution in [1.29, 1.82) is 0 Å². The Morgan fingerprint density at radius 2 is 1.32 bits per heavy atom. The molecule has 6 heteroatoms. The van der Waals surface area contributed by atoms with E-state index in [0.29, 0.717) is 6.04 Å². The van der Waals surface area contributed by atoms with Crippen LogP contribution in [-0.4, -0.2) is 10.6 Å². The fourth-order valence-electron chi connectivity index (χ4n) is 6.98. The van der Waals surface area contributed by atoms with Crippen molar-refractivity contribution in [2.24, 2.45) is 0 Å². The maximum absolute atomic E-state index is 6.86. The van der Waals surface area contributed by atoms with Crippen LogP contribution in [0.3, 0.4) is 0 Å². The Hall–Kier alpha value is -4.31. The largest absolute Gasteiger partial charge is 0.408 e. The third kappa shape index (κ3) is 4.81. The average Bonchev–Trinajstić information content (AvgIpc) is 3.44. The molecule has 5 aromatic carbocycles. The van der Waals surface area contributed by atoms with Crippen molar-refractivity contribution in [3.63, 3.8) is 0 Å². The topological polar surface area (TPSA) is 47.1 Å². The minimum absolute atomic E-state index is 0.205. The molecule has 2 aromatic heterocycles. The fraction of sp³-hybridized carbons (Fsp3) is 0.237. The first-order chi connectivity index (χ1) is 21.6. The van der Waals surface area contributed by atoms with Gasteiger partial charge in [0.05, 0.1) is 12.1 Å². The SMILES string of the molecule is CC(C)[n+]1cc(-c2ccccc2)n([C@@H]2CCCC[C@H]2Np2oc3ccc4ccccc4c3c3c(ccc4ccccc43)o2)c1. The standard InChI is InChI=1S/C38H37N3O2P/c1-26(2)40-24-34(29-14-4-3-5-15-29)41(25-40)33-19-11-10-18-32(33)39-44-42-35-22-20-27-12-6-8-16-30(27)37(35)38-31-17-9-7-13-28(31)21-23-36(38)43-44/h3-9,12-17,20-26,32-33,39H,10-11,18-19H2,1-2H3/q+1/t32-,33-/m1/s1. The fourth-order valence-corrected chi connectivity index (χ4v) is 8.35. The van der Waals surface area contributed by atoms with Crippen LogP contribution in [0.5, 0.6) is 0 Å². The number of hydrogen-bond donors (Lipinski definition) is 1.